The van der Waals surface area contributed by atoms with Crippen molar-refractivity contribution in [2.24, 2.45) is 0 Å². The molecule has 3 N–H and O–H groups in total. The third-order valence-corrected chi connectivity index (χ3v) is 3.89. The van der Waals surface area contributed by atoms with Crippen molar-refractivity contribution in [1.29, 1.82) is 0 Å². The summed E-state index contributed by atoms with van der Waals surface area (Å²) in [4.78, 5) is 59.7. The first-order valence-electron chi connectivity index (χ1n) is 7.64. The average Bonchev–Trinajstić information content (AvgIpc) is 2.86. The molecule has 27 heavy (non-hydrogen) atoms. The van der Waals surface area contributed by atoms with Crippen LogP contribution in [0, 0.1) is 0 Å². The van der Waals surface area contributed by atoms with Crippen LogP contribution in [-0.2, 0) is 4.79 Å². The number of carboxylic acid groups (broad SMARTS) is 2. The first-order chi connectivity index (χ1) is 12.8. The molecular weight excluding hydrogens is 356 g/mol. The second kappa shape index (κ2) is 6.71. The highest BCUT2D eigenvalue weighted by atomic mass is 16.4. The molecule has 0 radical (unpaired) electrons. The van der Waals surface area contributed by atoms with E-state index in [0.717, 1.165) is 23.1 Å². The highest BCUT2D eigenvalue weighted by Crippen LogP contribution is 2.22. The molecule has 0 saturated heterocycles. The van der Waals surface area contributed by atoms with Crippen molar-refractivity contribution in [3.05, 3.63) is 64.7 Å². The maximum absolute atomic E-state index is 12.3. The maximum atomic E-state index is 12.3. The van der Waals surface area contributed by atoms with Crippen molar-refractivity contribution >= 4 is 35.3 Å². The number of hydrogen-bond donors (Lipinski definition) is 3. The van der Waals surface area contributed by atoms with E-state index in [2.05, 4.69) is 5.32 Å². The van der Waals surface area contributed by atoms with Crippen LogP contribution in [0.3, 0.4) is 0 Å². The van der Waals surface area contributed by atoms with Gasteiger partial charge in [0.15, 0.2) is 0 Å². The van der Waals surface area contributed by atoms with Crippen molar-refractivity contribution < 1.29 is 34.2 Å². The quantitative estimate of drug-likeness (QED) is 0.676. The number of carboxylic acids is 2. The summed E-state index contributed by atoms with van der Waals surface area (Å²) in [6.07, 6.45) is 0. The van der Waals surface area contributed by atoms with Crippen LogP contribution in [0.4, 0.5) is 5.69 Å². The molecule has 0 atom stereocenters. The number of carbonyl (C=O) groups is 5. The molecule has 1 aliphatic heterocycles. The third kappa shape index (κ3) is 3.38. The van der Waals surface area contributed by atoms with Gasteiger partial charge in [0, 0.05) is 5.69 Å². The van der Waals surface area contributed by atoms with E-state index >= 15 is 0 Å². The largest absolute Gasteiger partial charge is 0.478 e. The van der Waals surface area contributed by atoms with Gasteiger partial charge in [-0.15, -0.1) is 0 Å². The molecule has 9 nitrogen and oxygen atoms in total. The number of nitrogens with one attached hydrogen (secondary N) is 1. The van der Waals surface area contributed by atoms with Crippen molar-refractivity contribution in [2.75, 3.05) is 11.9 Å². The van der Waals surface area contributed by atoms with E-state index in [-0.39, 0.29) is 27.9 Å². The fourth-order valence-corrected chi connectivity index (χ4v) is 2.67. The smallest absolute Gasteiger partial charge is 0.335 e. The molecule has 3 rings (SSSR count). The summed E-state index contributed by atoms with van der Waals surface area (Å²) in [5, 5.41) is 20.4. The molecule has 0 saturated carbocycles. The van der Waals surface area contributed by atoms with E-state index in [1.165, 1.54) is 12.1 Å². The normalized spacial score (nSPS) is 12.7. The van der Waals surface area contributed by atoms with Crippen LogP contribution in [0.25, 0.3) is 0 Å². The highest BCUT2D eigenvalue weighted by Gasteiger charge is 2.36. The molecule has 3 amide bonds. The SMILES string of the molecule is O=C(CN1C(=O)c2ccccc2C1=O)Nc1cc(C(=O)O)cc(C(=O)O)c1. The molecule has 0 fully saturated rings. The van der Waals surface area contributed by atoms with E-state index < -0.39 is 36.2 Å². The molecule has 9 heteroatoms. The van der Waals surface area contributed by atoms with Crippen molar-refractivity contribution in [3.63, 3.8) is 0 Å². The van der Waals surface area contributed by atoms with Crippen LogP contribution in [0.15, 0.2) is 42.5 Å². The second-order valence-electron chi connectivity index (χ2n) is 5.70. The van der Waals surface area contributed by atoms with Gasteiger partial charge in [0.25, 0.3) is 11.8 Å². The number of aromatic carboxylic acids is 2. The van der Waals surface area contributed by atoms with E-state index in [1.807, 2.05) is 0 Å². The number of benzene rings is 2. The number of hydrogen-bond acceptors (Lipinski definition) is 5. The Morgan fingerprint density at radius 1 is 0.852 bits per heavy atom. The van der Waals surface area contributed by atoms with Gasteiger partial charge in [-0.2, -0.15) is 0 Å². The minimum atomic E-state index is -1.37. The monoisotopic (exact) mass is 368 g/mol. The number of anilines is 1. The number of imide groups is 1. The Hall–Kier alpha value is -4.01. The highest BCUT2D eigenvalue weighted by molar-refractivity contribution is 6.22. The zero-order chi connectivity index (χ0) is 19.7. The van der Waals surface area contributed by atoms with Crippen LogP contribution in [0.5, 0.6) is 0 Å². The number of nitrogens with zero attached hydrogens (tertiary/aromatic N) is 1. The van der Waals surface area contributed by atoms with Crippen molar-refractivity contribution in [1.82, 2.24) is 4.90 Å². The van der Waals surface area contributed by atoms with Gasteiger partial charge in [-0.3, -0.25) is 19.3 Å². The summed E-state index contributed by atoms with van der Waals surface area (Å²) in [6.45, 7) is -0.591. The first kappa shape index (κ1) is 17.8. The van der Waals surface area contributed by atoms with E-state index in [0.29, 0.717) is 0 Å². The molecule has 0 aliphatic carbocycles. The summed E-state index contributed by atoms with van der Waals surface area (Å²) in [5.74, 6) is -4.74. The Morgan fingerprint density at radius 3 is 1.78 bits per heavy atom. The minimum Gasteiger partial charge on any atom is -0.478 e. The van der Waals surface area contributed by atoms with Crippen molar-refractivity contribution in [3.8, 4) is 0 Å². The molecule has 0 bridgehead atoms. The predicted octanol–water partition coefficient (Wildman–Crippen LogP) is 1.32. The third-order valence-electron chi connectivity index (χ3n) is 3.89. The van der Waals surface area contributed by atoms with Gasteiger partial charge in [0.05, 0.1) is 22.3 Å². The number of rotatable bonds is 5. The Kier molecular flexibility index (Phi) is 4.43. The summed E-state index contributed by atoms with van der Waals surface area (Å²) in [7, 11) is 0. The molecule has 1 aliphatic rings. The van der Waals surface area contributed by atoms with Gasteiger partial charge >= 0.3 is 11.9 Å². The topological polar surface area (TPSA) is 141 Å². The van der Waals surface area contributed by atoms with Gasteiger partial charge in [-0.05, 0) is 30.3 Å². The average molecular weight is 368 g/mol. The lowest BCUT2D eigenvalue weighted by Crippen LogP contribution is -2.37. The summed E-state index contributed by atoms with van der Waals surface area (Å²) in [6, 6.07) is 9.25. The molecular formula is C18H12N2O7. The predicted molar refractivity (Wildman–Crippen MR) is 90.8 cm³/mol. The number of amides is 3. The molecule has 1 heterocycles. The lowest BCUT2D eigenvalue weighted by atomic mass is 10.1. The van der Waals surface area contributed by atoms with E-state index in [4.69, 9.17) is 10.2 Å². The number of carbonyl (C=O) groups excluding carboxylic acids is 3. The standard InChI is InChI=1S/C18H12N2O7/c21-14(8-20-15(22)12-3-1-2-4-13(12)16(20)23)19-11-6-9(17(24)25)5-10(7-11)18(26)27/h1-7H,8H2,(H,19,21)(H,24,25)(H,26,27). The van der Waals surface area contributed by atoms with Gasteiger partial charge in [-0.25, -0.2) is 9.59 Å². The van der Waals surface area contributed by atoms with E-state index in [1.54, 1.807) is 12.1 Å². The van der Waals surface area contributed by atoms with Crippen molar-refractivity contribution in [2.45, 2.75) is 0 Å². The van der Waals surface area contributed by atoms with Gasteiger partial charge in [0.1, 0.15) is 6.54 Å². The minimum absolute atomic E-state index is 0.0751. The van der Waals surface area contributed by atoms with Gasteiger partial charge in [-0.1, -0.05) is 12.1 Å². The Bertz CT molecular complexity index is 945. The molecule has 0 aromatic heterocycles. The van der Waals surface area contributed by atoms with E-state index in [9.17, 15) is 24.0 Å². The van der Waals surface area contributed by atoms with Crippen LogP contribution in [0.2, 0.25) is 0 Å². The van der Waals surface area contributed by atoms with Crippen LogP contribution in [-0.4, -0.2) is 51.3 Å². The fraction of sp³-hybridized carbons (Fsp3) is 0.0556. The Balaban J connectivity index is 1.79. The summed E-state index contributed by atoms with van der Waals surface area (Å²) < 4.78 is 0. The van der Waals surface area contributed by atoms with Gasteiger partial charge in [0.2, 0.25) is 5.91 Å². The van der Waals surface area contributed by atoms with Gasteiger partial charge < -0.3 is 15.5 Å². The maximum Gasteiger partial charge on any atom is 0.335 e. The molecule has 0 unspecified atom stereocenters. The van der Waals surface area contributed by atoms with Crippen LogP contribution >= 0.6 is 0 Å². The van der Waals surface area contributed by atoms with Crippen LogP contribution < -0.4 is 5.32 Å². The molecule has 136 valence electrons. The lowest BCUT2D eigenvalue weighted by molar-refractivity contribution is -0.116. The Labute approximate surface area is 151 Å². The number of fused-ring (bicyclic) bond motifs is 1. The molecule has 2 aromatic carbocycles. The summed E-state index contributed by atoms with van der Waals surface area (Å²) >= 11 is 0. The zero-order valence-electron chi connectivity index (χ0n) is 13.6. The lowest BCUT2D eigenvalue weighted by Gasteiger charge is -2.14. The second-order valence-corrected chi connectivity index (χ2v) is 5.70. The summed E-state index contributed by atoms with van der Waals surface area (Å²) in [5.41, 5.74) is -0.349. The zero-order valence-corrected chi connectivity index (χ0v) is 13.6. The fourth-order valence-electron chi connectivity index (χ4n) is 2.67. The molecule has 2 aromatic rings. The molecule has 0 spiro atoms. The first-order valence-corrected chi connectivity index (χ1v) is 7.64. The van der Waals surface area contributed by atoms with Crippen LogP contribution in [0.1, 0.15) is 41.4 Å². The Morgan fingerprint density at radius 2 is 1.33 bits per heavy atom.